The zero-order chi connectivity index (χ0) is 12.6. The Kier molecular flexibility index (Phi) is 7.52. The standard InChI is InChI=1S/C4H11N3O.C2HF3O2/c1-7(2)3-4(8)6-5;3-2(4,5)1(6)7/h3,5H2,1-2H3,(H,6,8);(H,6,7). The fourth-order valence-corrected chi connectivity index (χ4v) is 0.333. The van der Waals surface area contributed by atoms with Gasteiger partial charge in [-0.05, 0) is 14.1 Å². The van der Waals surface area contributed by atoms with Gasteiger partial charge in [-0.1, -0.05) is 0 Å². The molecule has 15 heavy (non-hydrogen) atoms. The molecule has 0 aromatic heterocycles. The Morgan fingerprint density at radius 3 is 1.80 bits per heavy atom. The summed E-state index contributed by atoms with van der Waals surface area (Å²) in [5.74, 6) is 1.87. The number of carbonyl (C=O) groups is 2. The van der Waals surface area contributed by atoms with Gasteiger partial charge in [-0.15, -0.1) is 0 Å². The highest BCUT2D eigenvalue weighted by Gasteiger charge is 2.38. The van der Waals surface area contributed by atoms with Crippen LogP contribution >= 0.6 is 0 Å². The highest BCUT2D eigenvalue weighted by molar-refractivity contribution is 5.77. The molecule has 0 fully saturated rings. The predicted octanol–water partition coefficient (Wildman–Crippen LogP) is -0.829. The molecule has 0 unspecified atom stereocenters. The topological polar surface area (TPSA) is 95.7 Å². The van der Waals surface area contributed by atoms with Crippen molar-refractivity contribution in [3.8, 4) is 0 Å². The maximum absolute atomic E-state index is 10.6. The van der Waals surface area contributed by atoms with E-state index in [0.717, 1.165) is 0 Å². The van der Waals surface area contributed by atoms with E-state index < -0.39 is 12.1 Å². The van der Waals surface area contributed by atoms with Crippen LogP contribution in [0.5, 0.6) is 0 Å². The Morgan fingerprint density at radius 1 is 1.40 bits per heavy atom. The zero-order valence-electron chi connectivity index (χ0n) is 8.13. The molecule has 4 N–H and O–H groups in total. The molecule has 0 spiro atoms. The number of hydrogen-bond acceptors (Lipinski definition) is 4. The summed E-state index contributed by atoms with van der Waals surface area (Å²) >= 11 is 0. The van der Waals surface area contributed by atoms with E-state index in [9.17, 15) is 18.0 Å². The highest BCUT2D eigenvalue weighted by Crippen LogP contribution is 2.13. The van der Waals surface area contributed by atoms with E-state index in [1.54, 1.807) is 19.0 Å². The Bertz CT molecular complexity index is 217. The predicted molar refractivity (Wildman–Crippen MR) is 44.6 cm³/mol. The van der Waals surface area contributed by atoms with Crippen LogP contribution in [-0.4, -0.2) is 48.7 Å². The largest absolute Gasteiger partial charge is 0.490 e. The van der Waals surface area contributed by atoms with Gasteiger partial charge in [0, 0.05) is 0 Å². The molecule has 0 aromatic rings. The molecule has 9 heteroatoms. The van der Waals surface area contributed by atoms with Crippen molar-refractivity contribution in [1.29, 1.82) is 0 Å². The second kappa shape index (κ2) is 7.01. The van der Waals surface area contributed by atoms with Crippen LogP contribution in [0.15, 0.2) is 0 Å². The number of carboxylic acids is 1. The minimum Gasteiger partial charge on any atom is -0.475 e. The smallest absolute Gasteiger partial charge is 0.475 e. The number of carbonyl (C=O) groups excluding carboxylic acids is 1. The van der Waals surface area contributed by atoms with Crippen molar-refractivity contribution in [3.63, 3.8) is 0 Å². The van der Waals surface area contributed by atoms with Gasteiger partial charge < -0.3 is 10.0 Å². The zero-order valence-corrected chi connectivity index (χ0v) is 8.13. The van der Waals surface area contributed by atoms with E-state index in [2.05, 4.69) is 0 Å². The molecular weight excluding hydrogens is 219 g/mol. The van der Waals surface area contributed by atoms with Crippen molar-refractivity contribution < 1.29 is 27.9 Å². The fraction of sp³-hybridized carbons (Fsp3) is 0.667. The SMILES string of the molecule is CN(C)CC(=O)NN.O=C(O)C(F)(F)F. The molecule has 0 atom stereocenters. The molecule has 0 rings (SSSR count). The van der Waals surface area contributed by atoms with Gasteiger partial charge in [-0.25, -0.2) is 10.6 Å². The molecule has 6 nitrogen and oxygen atoms in total. The minimum absolute atomic E-state index is 0.171. The number of nitrogens with zero attached hydrogens (tertiary/aromatic N) is 1. The minimum atomic E-state index is -5.08. The van der Waals surface area contributed by atoms with Crippen LogP contribution in [0.1, 0.15) is 0 Å². The van der Waals surface area contributed by atoms with Crippen LogP contribution in [0.2, 0.25) is 0 Å². The Labute approximate surface area is 83.8 Å². The normalized spacial score (nSPS) is 10.3. The number of likely N-dealkylation sites (N-methyl/N-ethyl adjacent to an activating group) is 1. The maximum atomic E-state index is 10.6. The number of rotatable bonds is 2. The first kappa shape index (κ1) is 16.1. The molecule has 0 aliphatic heterocycles. The molecule has 0 bridgehead atoms. The lowest BCUT2D eigenvalue weighted by molar-refractivity contribution is -0.192. The summed E-state index contributed by atoms with van der Waals surface area (Å²) in [6, 6.07) is 0. The summed E-state index contributed by atoms with van der Waals surface area (Å²) in [5, 5.41) is 7.12. The summed E-state index contributed by atoms with van der Waals surface area (Å²) in [6.07, 6.45) is -5.08. The Hall–Kier alpha value is -1.35. The lowest BCUT2D eigenvalue weighted by Gasteiger charge is -2.05. The first-order chi connectivity index (χ1) is 6.61. The first-order valence-corrected chi connectivity index (χ1v) is 3.55. The molecule has 0 heterocycles. The molecule has 1 amide bonds. The van der Waals surface area contributed by atoms with Gasteiger partial charge in [-0.3, -0.25) is 10.2 Å². The number of alkyl halides is 3. The average molecular weight is 231 g/mol. The first-order valence-electron chi connectivity index (χ1n) is 3.55. The van der Waals surface area contributed by atoms with Gasteiger partial charge in [0.25, 0.3) is 0 Å². The summed E-state index contributed by atoms with van der Waals surface area (Å²) < 4.78 is 31.7. The van der Waals surface area contributed by atoms with E-state index in [4.69, 9.17) is 15.7 Å². The molecule has 0 saturated heterocycles. The summed E-state index contributed by atoms with van der Waals surface area (Å²) in [7, 11) is 3.60. The molecule has 0 aromatic carbocycles. The third-order valence-electron chi connectivity index (χ3n) is 0.863. The second-order valence-corrected chi connectivity index (χ2v) is 2.61. The van der Waals surface area contributed by atoms with Crippen LogP contribution in [0, 0.1) is 0 Å². The van der Waals surface area contributed by atoms with Gasteiger partial charge in [0.05, 0.1) is 6.54 Å². The van der Waals surface area contributed by atoms with Gasteiger partial charge in [-0.2, -0.15) is 13.2 Å². The number of aliphatic carboxylic acids is 1. The van der Waals surface area contributed by atoms with Crippen LogP contribution in [-0.2, 0) is 9.59 Å². The molecule has 0 aliphatic carbocycles. The van der Waals surface area contributed by atoms with Crippen molar-refractivity contribution in [2.75, 3.05) is 20.6 Å². The van der Waals surface area contributed by atoms with Crippen molar-refractivity contribution in [1.82, 2.24) is 10.3 Å². The Morgan fingerprint density at radius 2 is 1.73 bits per heavy atom. The number of amides is 1. The van der Waals surface area contributed by atoms with Crippen molar-refractivity contribution in [3.05, 3.63) is 0 Å². The van der Waals surface area contributed by atoms with E-state index in [-0.39, 0.29) is 5.91 Å². The van der Waals surface area contributed by atoms with Crippen LogP contribution in [0.25, 0.3) is 0 Å². The highest BCUT2D eigenvalue weighted by atomic mass is 19.4. The number of nitrogens with two attached hydrogens (primary N) is 1. The number of hydrazine groups is 1. The second-order valence-electron chi connectivity index (χ2n) is 2.61. The van der Waals surface area contributed by atoms with Gasteiger partial charge in [0.15, 0.2) is 0 Å². The maximum Gasteiger partial charge on any atom is 0.490 e. The number of hydrogen-bond donors (Lipinski definition) is 3. The van der Waals surface area contributed by atoms with Crippen LogP contribution < -0.4 is 11.3 Å². The summed E-state index contributed by atoms with van der Waals surface area (Å²) in [5.41, 5.74) is 2.02. The number of halogens is 3. The van der Waals surface area contributed by atoms with E-state index >= 15 is 0 Å². The molecular formula is C6H12F3N3O3. The third-order valence-corrected chi connectivity index (χ3v) is 0.863. The van der Waals surface area contributed by atoms with Crippen molar-refractivity contribution >= 4 is 11.9 Å². The summed E-state index contributed by atoms with van der Waals surface area (Å²) in [6.45, 7) is 0.344. The molecule has 90 valence electrons. The monoisotopic (exact) mass is 231 g/mol. The van der Waals surface area contributed by atoms with E-state index in [1.807, 2.05) is 5.43 Å². The molecule has 0 saturated carbocycles. The molecule has 0 aliphatic rings. The van der Waals surface area contributed by atoms with E-state index in [1.165, 1.54) is 0 Å². The Balaban J connectivity index is 0. The third kappa shape index (κ3) is 12.6. The van der Waals surface area contributed by atoms with Crippen molar-refractivity contribution in [2.24, 2.45) is 5.84 Å². The van der Waals surface area contributed by atoms with Gasteiger partial charge in [0.1, 0.15) is 0 Å². The van der Waals surface area contributed by atoms with Crippen LogP contribution in [0.3, 0.4) is 0 Å². The van der Waals surface area contributed by atoms with Crippen LogP contribution in [0.4, 0.5) is 13.2 Å². The fourth-order valence-electron chi connectivity index (χ4n) is 0.333. The average Bonchev–Trinajstić information content (AvgIpc) is 2.02. The quantitative estimate of drug-likeness (QED) is 0.327. The van der Waals surface area contributed by atoms with Gasteiger partial charge in [0.2, 0.25) is 5.91 Å². The van der Waals surface area contributed by atoms with E-state index in [0.29, 0.717) is 6.54 Å². The number of nitrogens with one attached hydrogen (secondary N) is 1. The van der Waals surface area contributed by atoms with Gasteiger partial charge >= 0.3 is 12.1 Å². The molecule has 0 radical (unpaired) electrons. The number of carboxylic acid groups (broad SMARTS) is 1. The summed E-state index contributed by atoms with van der Waals surface area (Å²) in [4.78, 5) is 21.0. The lowest BCUT2D eigenvalue weighted by Crippen LogP contribution is -2.37. The van der Waals surface area contributed by atoms with Crippen molar-refractivity contribution in [2.45, 2.75) is 6.18 Å². The lowest BCUT2D eigenvalue weighted by atomic mass is 10.6.